The van der Waals surface area contributed by atoms with E-state index in [9.17, 15) is 0 Å². The highest BCUT2D eigenvalue weighted by molar-refractivity contribution is 9.09. The smallest absolute Gasteiger partial charge is 0.151 e. The lowest BCUT2D eigenvalue weighted by Crippen LogP contribution is -2.29. The van der Waals surface area contributed by atoms with Gasteiger partial charge in [0.2, 0.25) is 0 Å². The van der Waals surface area contributed by atoms with Gasteiger partial charge in [-0.15, -0.1) is 5.10 Å². The molecule has 0 atom stereocenters. The van der Waals surface area contributed by atoms with Gasteiger partial charge in [-0.1, -0.05) is 15.9 Å². The Morgan fingerprint density at radius 3 is 2.93 bits per heavy atom. The van der Waals surface area contributed by atoms with E-state index in [2.05, 4.69) is 31.0 Å². The molecule has 0 fully saturated rings. The monoisotopic (exact) mass is 259 g/mol. The molecule has 0 aromatic carbocycles. The third kappa shape index (κ3) is 3.59. The van der Waals surface area contributed by atoms with E-state index in [-0.39, 0.29) is 0 Å². The van der Waals surface area contributed by atoms with Crippen molar-refractivity contribution in [1.82, 2.24) is 10.2 Å². The Hall–Kier alpha value is -0.680. The van der Waals surface area contributed by atoms with Gasteiger partial charge in [0.05, 0.1) is 6.61 Å². The van der Waals surface area contributed by atoms with Crippen molar-refractivity contribution in [2.75, 3.05) is 37.0 Å². The summed E-state index contributed by atoms with van der Waals surface area (Å²) in [5.41, 5.74) is 0. The number of halogens is 1. The average molecular weight is 260 g/mol. The van der Waals surface area contributed by atoms with Crippen LogP contribution in [0.2, 0.25) is 0 Å². The third-order valence-corrected chi connectivity index (χ3v) is 2.16. The van der Waals surface area contributed by atoms with Crippen LogP contribution in [0, 0.1) is 0 Å². The van der Waals surface area contributed by atoms with Crippen LogP contribution in [0.4, 0.5) is 5.82 Å². The Balaban J connectivity index is 2.58. The number of anilines is 1. The molecule has 14 heavy (non-hydrogen) atoms. The topological polar surface area (TPSA) is 38.2 Å². The molecule has 0 unspecified atom stereocenters. The third-order valence-electron chi connectivity index (χ3n) is 1.80. The molecule has 0 spiro atoms. The molecule has 5 heteroatoms. The van der Waals surface area contributed by atoms with E-state index in [1.54, 1.807) is 13.3 Å². The molecule has 1 heterocycles. The Bertz CT molecular complexity index is 245. The van der Waals surface area contributed by atoms with Crippen LogP contribution in [0.1, 0.15) is 0 Å². The number of ether oxygens (including phenoxy) is 1. The Morgan fingerprint density at radius 1 is 1.50 bits per heavy atom. The molecule has 78 valence electrons. The Morgan fingerprint density at radius 2 is 2.36 bits per heavy atom. The minimum Gasteiger partial charge on any atom is -0.383 e. The van der Waals surface area contributed by atoms with Crippen molar-refractivity contribution in [2.24, 2.45) is 0 Å². The number of hydrogen-bond donors (Lipinski definition) is 0. The predicted molar refractivity (Wildman–Crippen MR) is 59.9 cm³/mol. The van der Waals surface area contributed by atoms with E-state index < -0.39 is 0 Å². The van der Waals surface area contributed by atoms with Crippen molar-refractivity contribution in [1.29, 1.82) is 0 Å². The molecule has 0 aliphatic carbocycles. The molecule has 4 nitrogen and oxygen atoms in total. The second kappa shape index (κ2) is 6.73. The first-order valence-corrected chi connectivity index (χ1v) is 5.58. The summed E-state index contributed by atoms with van der Waals surface area (Å²) in [6.07, 6.45) is 1.67. The maximum Gasteiger partial charge on any atom is 0.151 e. The maximum absolute atomic E-state index is 5.03. The summed E-state index contributed by atoms with van der Waals surface area (Å²) < 4.78 is 5.03. The molecule has 0 saturated carbocycles. The zero-order valence-corrected chi connectivity index (χ0v) is 9.77. The molecular formula is C9H14BrN3O. The van der Waals surface area contributed by atoms with Crippen molar-refractivity contribution in [3.05, 3.63) is 18.3 Å². The van der Waals surface area contributed by atoms with E-state index in [4.69, 9.17) is 4.74 Å². The summed E-state index contributed by atoms with van der Waals surface area (Å²) in [7, 11) is 1.70. The molecule has 0 aliphatic heterocycles. The quantitative estimate of drug-likeness (QED) is 0.723. The summed E-state index contributed by atoms with van der Waals surface area (Å²) in [6, 6.07) is 3.84. The fourth-order valence-electron chi connectivity index (χ4n) is 1.11. The zero-order valence-electron chi connectivity index (χ0n) is 8.19. The number of alkyl halides is 1. The van der Waals surface area contributed by atoms with Crippen molar-refractivity contribution in [3.63, 3.8) is 0 Å². The molecule has 0 radical (unpaired) electrons. The molecule has 1 aromatic rings. The van der Waals surface area contributed by atoms with Gasteiger partial charge in [0.25, 0.3) is 0 Å². The van der Waals surface area contributed by atoms with Crippen LogP contribution in [0.15, 0.2) is 18.3 Å². The van der Waals surface area contributed by atoms with Gasteiger partial charge in [-0.2, -0.15) is 5.10 Å². The fraction of sp³-hybridized carbons (Fsp3) is 0.556. The van der Waals surface area contributed by atoms with Crippen LogP contribution < -0.4 is 4.90 Å². The zero-order chi connectivity index (χ0) is 10.2. The Kier molecular flexibility index (Phi) is 5.47. The SMILES string of the molecule is COCCN(CCBr)c1cccnn1. The number of rotatable bonds is 6. The van der Waals surface area contributed by atoms with Crippen molar-refractivity contribution in [3.8, 4) is 0 Å². The van der Waals surface area contributed by atoms with E-state index in [1.807, 2.05) is 12.1 Å². The van der Waals surface area contributed by atoms with Gasteiger partial charge >= 0.3 is 0 Å². The maximum atomic E-state index is 5.03. The van der Waals surface area contributed by atoms with Gasteiger partial charge < -0.3 is 9.64 Å². The first kappa shape index (κ1) is 11.4. The molecule has 1 rings (SSSR count). The number of aromatic nitrogens is 2. The lowest BCUT2D eigenvalue weighted by Gasteiger charge is -2.21. The summed E-state index contributed by atoms with van der Waals surface area (Å²) >= 11 is 3.41. The molecular weight excluding hydrogens is 246 g/mol. The molecule has 0 amide bonds. The highest BCUT2D eigenvalue weighted by atomic mass is 79.9. The van der Waals surface area contributed by atoms with Gasteiger partial charge in [-0.25, -0.2) is 0 Å². The normalized spacial score (nSPS) is 10.1. The predicted octanol–water partition coefficient (Wildman–Crippen LogP) is 1.32. The lowest BCUT2D eigenvalue weighted by molar-refractivity contribution is 0.205. The van der Waals surface area contributed by atoms with Crippen molar-refractivity contribution in [2.45, 2.75) is 0 Å². The van der Waals surface area contributed by atoms with Crippen LogP contribution in [0.5, 0.6) is 0 Å². The van der Waals surface area contributed by atoms with Crippen molar-refractivity contribution < 1.29 is 4.74 Å². The second-order valence-electron chi connectivity index (χ2n) is 2.75. The van der Waals surface area contributed by atoms with Crippen LogP contribution >= 0.6 is 15.9 Å². The summed E-state index contributed by atoms with van der Waals surface area (Å²) in [6.45, 7) is 2.44. The van der Waals surface area contributed by atoms with Gasteiger partial charge in [-0.3, -0.25) is 0 Å². The van der Waals surface area contributed by atoms with Crippen LogP contribution in [0.25, 0.3) is 0 Å². The fourth-order valence-corrected chi connectivity index (χ4v) is 1.53. The summed E-state index contributed by atoms with van der Waals surface area (Å²) in [4.78, 5) is 2.13. The molecule has 0 N–H and O–H groups in total. The van der Waals surface area contributed by atoms with Crippen LogP contribution in [0.3, 0.4) is 0 Å². The standard InChI is InChI=1S/C9H14BrN3O/c1-14-8-7-13(6-4-10)9-3-2-5-11-12-9/h2-3,5H,4,6-8H2,1H3. The minimum absolute atomic E-state index is 0.698. The van der Waals surface area contributed by atoms with Gasteiger partial charge in [0, 0.05) is 31.7 Å². The van der Waals surface area contributed by atoms with E-state index in [0.717, 1.165) is 24.2 Å². The molecule has 0 saturated heterocycles. The highest BCUT2D eigenvalue weighted by Crippen LogP contribution is 2.07. The molecule has 0 bridgehead atoms. The van der Waals surface area contributed by atoms with E-state index in [0.29, 0.717) is 6.61 Å². The molecule has 0 aliphatic rings. The summed E-state index contributed by atoms with van der Waals surface area (Å²) in [5.74, 6) is 0.893. The van der Waals surface area contributed by atoms with Gasteiger partial charge in [0.15, 0.2) is 5.82 Å². The lowest BCUT2D eigenvalue weighted by atomic mass is 10.4. The minimum atomic E-state index is 0.698. The number of hydrogen-bond acceptors (Lipinski definition) is 4. The Labute approximate surface area is 92.4 Å². The van der Waals surface area contributed by atoms with Gasteiger partial charge in [-0.05, 0) is 12.1 Å². The largest absolute Gasteiger partial charge is 0.383 e. The van der Waals surface area contributed by atoms with E-state index in [1.165, 1.54) is 0 Å². The van der Waals surface area contributed by atoms with Gasteiger partial charge in [0.1, 0.15) is 0 Å². The highest BCUT2D eigenvalue weighted by Gasteiger charge is 2.05. The van der Waals surface area contributed by atoms with E-state index >= 15 is 0 Å². The number of nitrogens with zero attached hydrogens (tertiary/aromatic N) is 3. The first-order valence-electron chi connectivity index (χ1n) is 4.46. The van der Waals surface area contributed by atoms with Crippen LogP contribution in [-0.2, 0) is 4.74 Å². The number of methoxy groups -OCH3 is 1. The van der Waals surface area contributed by atoms with Crippen LogP contribution in [-0.4, -0.2) is 42.3 Å². The first-order chi connectivity index (χ1) is 6.88. The summed E-state index contributed by atoms with van der Waals surface area (Å²) in [5, 5.41) is 8.81. The average Bonchev–Trinajstić information content (AvgIpc) is 2.25. The second-order valence-corrected chi connectivity index (χ2v) is 3.54. The molecule has 1 aromatic heterocycles. The van der Waals surface area contributed by atoms with Crippen molar-refractivity contribution >= 4 is 21.7 Å².